The number of benzene rings is 1. The third kappa shape index (κ3) is 3.15. The van der Waals surface area contributed by atoms with E-state index in [0.29, 0.717) is 6.04 Å². The Labute approximate surface area is 104 Å². The van der Waals surface area contributed by atoms with Gasteiger partial charge in [-0.3, -0.25) is 0 Å². The van der Waals surface area contributed by atoms with Gasteiger partial charge in [-0.2, -0.15) is 0 Å². The van der Waals surface area contributed by atoms with Gasteiger partial charge in [0.2, 0.25) is 0 Å². The maximum Gasteiger partial charge on any atom is 0.141 e. The van der Waals surface area contributed by atoms with Crippen LogP contribution in [-0.2, 0) is 0 Å². The highest BCUT2D eigenvalue weighted by Crippen LogP contribution is 2.30. The van der Waals surface area contributed by atoms with Gasteiger partial charge in [-0.25, -0.2) is 0 Å². The lowest BCUT2D eigenvalue weighted by Crippen LogP contribution is -2.25. The lowest BCUT2D eigenvalue weighted by molar-refractivity contribution is 0.359. The first-order chi connectivity index (χ1) is 8.19. The maximum atomic E-state index is 5.40. The first kappa shape index (κ1) is 12.3. The van der Waals surface area contributed by atoms with Gasteiger partial charge in [0.1, 0.15) is 5.75 Å². The number of methoxy groups -OCH3 is 1. The van der Waals surface area contributed by atoms with Gasteiger partial charge < -0.3 is 10.1 Å². The van der Waals surface area contributed by atoms with Gasteiger partial charge in [-0.15, -0.1) is 0 Å². The zero-order valence-corrected chi connectivity index (χ0v) is 11.1. The van der Waals surface area contributed by atoms with Gasteiger partial charge in [0.05, 0.1) is 12.8 Å². The highest BCUT2D eigenvalue weighted by Gasteiger charge is 2.18. The average molecular weight is 233 g/mol. The molecular formula is C15H23NO. The van der Waals surface area contributed by atoms with Crippen LogP contribution in [0.2, 0.25) is 0 Å². The average Bonchev–Trinajstić information content (AvgIpc) is 2.32. The van der Waals surface area contributed by atoms with E-state index in [0.717, 1.165) is 17.4 Å². The van der Waals surface area contributed by atoms with Crippen molar-refractivity contribution in [2.45, 2.75) is 45.6 Å². The Morgan fingerprint density at radius 2 is 1.88 bits per heavy atom. The van der Waals surface area contributed by atoms with Gasteiger partial charge in [-0.05, 0) is 56.2 Å². The Morgan fingerprint density at radius 3 is 2.53 bits per heavy atom. The third-order valence-electron chi connectivity index (χ3n) is 3.73. The normalized spacial score (nSPS) is 24.4. The van der Waals surface area contributed by atoms with Crippen molar-refractivity contribution in [2.24, 2.45) is 5.92 Å². The molecule has 1 aliphatic rings. The minimum atomic E-state index is 0.613. The third-order valence-corrected chi connectivity index (χ3v) is 3.73. The summed E-state index contributed by atoms with van der Waals surface area (Å²) in [5.74, 6) is 1.85. The molecule has 1 aliphatic carbocycles. The number of rotatable bonds is 3. The highest BCUT2D eigenvalue weighted by atomic mass is 16.5. The number of anilines is 1. The van der Waals surface area contributed by atoms with Crippen molar-refractivity contribution in [1.82, 2.24) is 0 Å². The largest absolute Gasteiger partial charge is 0.495 e. The number of hydrogen-bond donors (Lipinski definition) is 1. The summed E-state index contributed by atoms with van der Waals surface area (Å²) in [6, 6.07) is 6.93. The van der Waals surface area contributed by atoms with Crippen LogP contribution in [0.1, 0.15) is 38.2 Å². The molecule has 0 amide bonds. The van der Waals surface area contributed by atoms with E-state index in [-0.39, 0.29) is 0 Å². The molecule has 0 saturated heterocycles. The first-order valence-corrected chi connectivity index (χ1v) is 6.60. The fourth-order valence-corrected chi connectivity index (χ4v) is 2.56. The summed E-state index contributed by atoms with van der Waals surface area (Å²) in [5, 5.41) is 3.64. The van der Waals surface area contributed by atoms with Crippen molar-refractivity contribution >= 4 is 5.69 Å². The quantitative estimate of drug-likeness (QED) is 0.852. The Balaban J connectivity index is 2.04. The summed E-state index contributed by atoms with van der Waals surface area (Å²) < 4.78 is 5.40. The molecule has 94 valence electrons. The van der Waals surface area contributed by atoms with Crippen molar-refractivity contribution in [3.05, 3.63) is 23.8 Å². The fourth-order valence-electron chi connectivity index (χ4n) is 2.56. The molecule has 1 saturated carbocycles. The van der Waals surface area contributed by atoms with E-state index in [1.54, 1.807) is 7.11 Å². The summed E-state index contributed by atoms with van der Waals surface area (Å²) >= 11 is 0. The van der Waals surface area contributed by atoms with E-state index in [9.17, 15) is 0 Å². The molecule has 2 heteroatoms. The molecule has 1 N–H and O–H groups in total. The van der Waals surface area contributed by atoms with Gasteiger partial charge in [0.25, 0.3) is 0 Å². The van der Waals surface area contributed by atoms with Crippen molar-refractivity contribution < 1.29 is 4.74 Å². The van der Waals surface area contributed by atoms with E-state index < -0.39 is 0 Å². The Hall–Kier alpha value is -1.18. The van der Waals surface area contributed by atoms with Crippen LogP contribution in [0, 0.1) is 12.8 Å². The van der Waals surface area contributed by atoms with Gasteiger partial charge in [-0.1, -0.05) is 13.0 Å². The van der Waals surface area contributed by atoms with E-state index in [4.69, 9.17) is 4.74 Å². The fraction of sp³-hybridized carbons (Fsp3) is 0.600. The Bertz CT molecular complexity index is 367. The molecule has 1 aromatic rings. The van der Waals surface area contributed by atoms with Gasteiger partial charge >= 0.3 is 0 Å². The predicted octanol–water partition coefficient (Wildman–Crippen LogP) is 3.99. The van der Waals surface area contributed by atoms with Crippen molar-refractivity contribution in [3.63, 3.8) is 0 Å². The summed E-state index contributed by atoms with van der Waals surface area (Å²) in [7, 11) is 1.73. The zero-order chi connectivity index (χ0) is 12.3. The topological polar surface area (TPSA) is 21.3 Å². The van der Waals surface area contributed by atoms with E-state index in [2.05, 4.69) is 31.3 Å². The zero-order valence-electron chi connectivity index (χ0n) is 11.1. The standard InChI is InChI=1S/C15H23NO/c1-11-4-7-13(8-5-11)16-14-10-12(2)6-9-15(14)17-3/h6,9-11,13,16H,4-5,7-8H2,1-3H3. The van der Waals surface area contributed by atoms with Crippen LogP contribution in [0.5, 0.6) is 5.75 Å². The number of hydrogen-bond acceptors (Lipinski definition) is 2. The summed E-state index contributed by atoms with van der Waals surface area (Å²) in [4.78, 5) is 0. The van der Waals surface area contributed by atoms with Gasteiger partial charge in [0.15, 0.2) is 0 Å². The first-order valence-electron chi connectivity index (χ1n) is 6.60. The Morgan fingerprint density at radius 1 is 1.18 bits per heavy atom. The number of aryl methyl sites for hydroxylation is 1. The molecule has 17 heavy (non-hydrogen) atoms. The second kappa shape index (κ2) is 5.44. The van der Waals surface area contributed by atoms with Crippen LogP contribution in [-0.4, -0.2) is 13.2 Å². The van der Waals surface area contributed by atoms with Crippen molar-refractivity contribution in [3.8, 4) is 5.75 Å². The number of nitrogens with one attached hydrogen (secondary N) is 1. The molecular weight excluding hydrogens is 210 g/mol. The van der Waals surface area contributed by atoms with Gasteiger partial charge in [0, 0.05) is 6.04 Å². The molecule has 2 nitrogen and oxygen atoms in total. The predicted molar refractivity (Wildman–Crippen MR) is 72.8 cm³/mol. The second-order valence-electron chi connectivity index (χ2n) is 5.30. The lowest BCUT2D eigenvalue weighted by atomic mass is 9.87. The maximum absolute atomic E-state index is 5.40. The SMILES string of the molecule is COc1ccc(C)cc1NC1CCC(C)CC1. The van der Waals surface area contributed by atoms with Crippen LogP contribution in [0.4, 0.5) is 5.69 Å². The summed E-state index contributed by atoms with van der Waals surface area (Å²) in [6.07, 6.45) is 5.23. The summed E-state index contributed by atoms with van der Waals surface area (Å²) in [6.45, 7) is 4.47. The van der Waals surface area contributed by atoms with E-state index in [1.807, 2.05) is 6.07 Å². The van der Waals surface area contributed by atoms with Crippen molar-refractivity contribution in [1.29, 1.82) is 0 Å². The second-order valence-corrected chi connectivity index (χ2v) is 5.30. The minimum Gasteiger partial charge on any atom is -0.495 e. The lowest BCUT2D eigenvalue weighted by Gasteiger charge is -2.28. The molecule has 2 rings (SSSR count). The molecule has 1 fully saturated rings. The molecule has 0 unspecified atom stereocenters. The van der Waals surface area contributed by atoms with Crippen LogP contribution >= 0.6 is 0 Å². The Kier molecular flexibility index (Phi) is 3.93. The molecule has 0 spiro atoms. The molecule has 0 heterocycles. The highest BCUT2D eigenvalue weighted by molar-refractivity contribution is 5.58. The molecule has 0 aromatic heterocycles. The monoisotopic (exact) mass is 233 g/mol. The smallest absolute Gasteiger partial charge is 0.141 e. The molecule has 0 radical (unpaired) electrons. The van der Waals surface area contributed by atoms with E-state index in [1.165, 1.54) is 31.2 Å². The van der Waals surface area contributed by atoms with Crippen molar-refractivity contribution in [2.75, 3.05) is 12.4 Å². The minimum absolute atomic E-state index is 0.613. The summed E-state index contributed by atoms with van der Waals surface area (Å²) in [5.41, 5.74) is 2.42. The molecule has 0 atom stereocenters. The number of ether oxygens (including phenoxy) is 1. The molecule has 0 bridgehead atoms. The van der Waals surface area contributed by atoms with Crippen LogP contribution in [0.25, 0.3) is 0 Å². The molecule has 0 aliphatic heterocycles. The van der Waals surface area contributed by atoms with Crippen LogP contribution in [0.3, 0.4) is 0 Å². The van der Waals surface area contributed by atoms with Crippen LogP contribution < -0.4 is 10.1 Å². The molecule has 1 aromatic carbocycles. The van der Waals surface area contributed by atoms with E-state index >= 15 is 0 Å². The van der Waals surface area contributed by atoms with Crippen LogP contribution in [0.15, 0.2) is 18.2 Å².